The maximum absolute atomic E-state index is 10.3. The predicted molar refractivity (Wildman–Crippen MR) is 69.4 cm³/mol. The fraction of sp³-hybridized carbons (Fsp3) is 0. The van der Waals surface area contributed by atoms with Crippen LogP contribution in [0.15, 0.2) is 42.6 Å². The summed E-state index contributed by atoms with van der Waals surface area (Å²) in [5.41, 5.74) is -0.456. The molecule has 21 heavy (non-hydrogen) atoms. The molecule has 0 atom stereocenters. The van der Waals surface area contributed by atoms with Crippen LogP contribution in [0.25, 0.3) is 0 Å². The minimum absolute atomic E-state index is 0.0810. The topological polar surface area (TPSA) is 138 Å². The normalized spacial score (nSPS) is 9.14. The number of hydrogen-bond acceptors (Lipinski definition) is 5. The van der Waals surface area contributed by atoms with Crippen LogP contribution in [-0.4, -0.2) is 43.2 Å². The highest BCUT2D eigenvalue weighted by Crippen LogP contribution is 1.98. The molecule has 0 aliphatic heterocycles. The van der Waals surface area contributed by atoms with Crippen molar-refractivity contribution in [3.05, 3.63) is 59.7 Å². The molecule has 0 aromatic carbocycles. The average molecular weight is 290 g/mol. The Morgan fingerprint density at radius 1 is 0.714 bits per heavy atom. The summed E-state index contributed by atoms with van der Waals surface area (Å²) >= 11 is 0. The molecule has 3 N–H and O–H groups in total. The van der Waals surface area contributed by atoms with Gasteiger partial charge in [0.1, 0.15) is 17.1 Å². The van der Waals surface area contributed by atoms with Crippen LogP contribution in [0.2, 0.25) is 0 Å². The van der Waals surface area contributed by atoms with Gasteiger partial charge in [-0.3, -0.25) is 0 Å². The molecule has 0 spiro atoms. The van der Waals surface area contributed by atoms with E-state index in [0.29, 0.717) is 0 Å². The lowest BCUT2D eigenvalue weighted by atomic mass is 10.3. The summed E-state index contributed by atoms with van der Waals surface area (Å²) in [6.45, 7) is 0. The Morgan fingerprint density at radius 2 is 1.19 bits per heavy atom. The number of hydrogen-bond donors (Lipinski definition) is 3. The minimum atomic E-state index is -1.24. The molecule has 108 valence electrons. The van der Waals surface area contributed by atoms with Crippen LogP contribution in [0.4, 0.5) is 0 Å². The van der Waals surface area contributed by atoms with Gasteiger partial charge in [0.2, 0.25) is 0 Å². The second kappa shape index (κ2) is 7.34. The van der Waals surface area contributed by atoms with Crippen molar-refractivity contribution >= 4 is 17.9 Å². The van der Waals surface area contributed by atoms with Gasteiger partial charge in [-0.1, -0.05) is 12.1 Å². The van der Waals surface area contributed by atoms with E-state index in [1.54, 1.807) is 12.1 Å². The summed E-state index contributed by atoms with van der Waals surface area (Å²) in [6.07, 6.45) is 1.45. The Balaban J connectivity index is 0.000000219. The maximum Gasteiger partial charge on any atom is 0.354 e. The number of aromatic nitrogens is 2. The zero-order valence-electron chi connectivity index (χ0n) is 10.5. The van der Waals surface area contributed by atoms with E-state index in [4.69, 9.17) is 15.3 Å². The second-order valence-corrected chi connectivity index (χ2v) is 3.54. The largest absolute Gasteiger partial charge is 0.477 e. The fourth-order valence-corrected chi connectivity index (χ4v) is 1.16. The lowest BCUT2D eigenvalue weighted by Gasteiger charge is -1.94. The van der Waals surface area contributed by atoms with Crippen molar-refractivity contribution < 1.29 is 29.7 Å². The van der Waals surface area contributed by atoms with Crippen molar-refractivity contribution in [2.24, 2.45) is 0 Å². The summed E-state index contributed by atoms with van der Waals surface area (Å²) in [5, 5.41) is 25.2. The fourth-order valence-electron chi connectivity index (χ4n) is 1.16. The van der Waals surface area contributed by atoms with Crippen LogP contribution in [0.3, 0.4) is 0 Å². The van der Waals surface area contributed by atoms with Gasteiger partial charge >= 0.3 is 17.9 Å². The molecule has 0 unspecified atom stereocenters. The highest BCUT2D eigenvalue weighted by Gasteiger charge is 2.08. The van der Waals surface area contributed by atoms with Crippen molar-refractivity contribution in [1.29, 1.82) is 0 Å². The molecule has 2 rings (SSSR count). The molecule has 2 aromatic rings. The van der Waals surface area contributed by atoms with Gasteiger partial charge in [-0.05, 0) is 24.3 Å². The van der Waals surface area contributed by atoms with Gasteiger partial charge in [0, 0.05) is 6.20 Å². The number of pyridine rings is 2. The molecule has 2 aromatic heterocycles. The van der Waals surface area contributed by atoms with E-state index >= 15 is 0 Å². The first kappa shape index (κ1) is 15.8. The molecule has 0 saturated heterocycles. The van der Waals surface area contributed by atoms with Gasteiger partial charge in [0.25, 0.3) is 0 Å². The monoisotopic (exact) mass is 290 g/mol. The number of rotatable bonds is 3. The highest BCUT2D eigenvalue weighted by molar-refractivity contribution is 5.89. The SMILES string of the molecule is O=C(O)c1cccc(C(=O)O)n1.O=C(O)c1ccccn1. The maximum atomic E-state index is 10.3. The minimum Gasteiger partial charge on any atom is -0.477 e. The lowest BCUT2D eigenvalue weighted by molar-refractivity contribution is 0.0672. The molecule has 0 saturated carbocycles. The van der Waals surface area contributed by atoms with E-state index in [1.807, 2.05) is 0 Å². The first-order chi connectivity index (χ1) is 9.91. The summed E-state index contributed by atoms with van der Waals surface area (Å²) in [5.74, 6) is -3.47. The Morgan fingerprint density at radius 3 is 1.52 bits per heavy atom. The summed E-state index contributed by atoms with van der Waals surface area (Å²) in [7, 11) is 0. The molecule has 2 heterocycles. The van der Waals surface area contributed by atoms with Crippen molar-refractivity contribution in [3.63, 3.8) is 0 Å². The third-order valence-corrected chi connectivity index (χ3v) is 2.07. The molecular weight excluding hydrogens is 280 g/mol. The Labute approximate surface area is 118 Å². The molecule has 8 nitrogen and oxygen atoms in total. The number of carboxylic acids is 3. The predicted octanol–water partition coefficient (Wildman–Crippen LogP) is 1.26. The van der Waals surface area contributed by atoms with Crippen LogP contribution in [-0.2, 0) is 0 Å². The summed E-state index contributed by atoms with van der Waals surface area (Å²) in [4.78, 5) is 37.7. The van der Waals surface area contributed by atoms with Crippen LogP contribution >= 0.6 is 0 Å². The van der Waals surface area contributed by atoms with Crippen LogP contribution in [0.5, 0.6) is 0 Å². The second-order valence-electron chi connectivity index (χ2n) is 3.54. The molecular formula is C13H10N2O6. The molecule has 0 aliphatic rings. The summed E-state index contributed by atoms with van der Waals surface area (Å²) < 4.78 is 0. The standard InChI is InChI=1S/C7H5NO4.C6H5NO2/c9-6(10)4-2-1-3-5(8-4)7(11)12;8-6(9)5-3-1-2-4-7-5/h1-3H,(H,9,10)(H,11,12);1-4H,(H,8,9). The van der Waals surface area contributed by atoms with Crippen LogP contribution < -0.4 is 0 Å². The zero-order valence-corrected chi connectivity index (χ0v) is 10.5. The Bertz CT molecular complexity index is 627. The van der Waals surface area contributed by atoms with Gasteiger partial charge in [0.05, 0.1) is 0 Å². The molecule has 0 aliphatic carbocycles. The Kier molecular flexibility index (Phi) is 5.51. The smallest absolute Gasteiger partial charge is 0.354 e. The van der Waals surface area contributed by atoms with E-state index in [0.717, 1.165) is 0 Å². The van der Waals surface area contributed by atoms with E-state index in [2.05, 4.69) is 9.97 Å². The van der Waals surface area contributed by atoms with Crippen molar-refractivity contribution in [2.75, 3.05) is 0 Å². The first-order valence-corrected chi connectivity index (χ1v) is 5.49. The average Bonchev–Trinajstić information content (AvgIpc) is 2.49. The van der Waals surface area contributed by atoms with E-state index in [1.165, 1.54) is 30.5 Å². The van der Waals surface area contributed by atoms with Crippen molar-refractivity contribution in [2.45, 2.75) is 0 Å². The van der Waals surface area contributed by atoms with E-state index in [9.17, 15) is 14.4 Å². The number of carbonyl (C=O) groups is 3. The van der Waals surface area contributed by atoms with Crippen LogP contribution in [0, 0.1) is 0 Å². The summed E-state index contributed by atoms with van der Waals surface area (Å²) in [6, 6.07) is 8.55. The van der Waals surface area contributed by atoms with Gasteiger partial charge in [-0.25, -0.2) is 24.4 Å². The van der Waals surface area contributed by atoms with Gasteiger partial charge in [-0.15, -0.1) is 0 Å². The molecule has 0 amide bonds. The molecule has 0 radical (unpaired) electrons. The Hall–Kier alpha value is -3.29. The van der Waals surface area contributed by atoms with Gasteiger partial charge in [0.15, 0.2) is 0 Å². The van der Waals surface area contributed by atoms with E-state index in [-0.39, 0.29) is 17.1 Å². The number of nitrogens with zero attached hydrogens (tertiary/aromatic N) is 2. The zero-order chi connectivity index (χ0) is 15.8. The molecule has 0 fully saturated rings. The third kappa shape index (κ3) is 5.07. The quantitative estimate of drug-likeness (QED) is 0.767. The molecule has 0 bridgehead atoms. The van der Waals surface area contributed by atoms with Crippen molar-refractivity contribution in [3.8, 4) is 0 Å². The lowest BCUT2D eigenvalue weighted by Crippen LogP contribution is -2.06. The van der Waals surface area contributed by atoms with Gasteiger partial charge < -0.3 is 15.3 Å². The third-order valence-electron chi connectivity index (χ3n) is 2.07. The first-order valence-electron chi connectivity index (χ1n) is 5.49. The number of aromatic carboxylic acids is 3. The van der Waals surface area contributed by atoms with Crippen LogP contribution in [0.1, 0.15) is 31.5 Å². The molecule has 8 heteroatoms. The van der Waals surface area contributed by atoms with Crippen molar-refractivity contribution in [1.82, 2.24) is 9.97 Å². The van der Waals surface area contributed by atoms with E-state index < -0.39 is 17.9 Å². The van der Waals surface area contributed by atoms with Gasteiger partial charge in [-0.2, -0.15) is 0 Å². The highest BCUT2D eigenvalue weighted by atomic mass is 16.4. The number of carboxylic acid groups (broad SMARTS) is 3.